The maximum atomic E-state index is 12.2. The van der Waals surface area contributed by atoms with Crippen LogP contribution in [0.1, 0.15) is 12.8 Å². The van der Waals surface area contributed by atoms with Gasteiger partial charge in [0.1, 0.15) is 5.75 Å². The van der Waals surface area contributed by atoms with Gasteiger partial charge in [0.15, 0.2) is 6.61 Å². The van der Waals surface area contributed by atoms with E-state index < -0.39 is 11.9 Å². The van der Waals surface area contributed by atoms with Gasteiger partial charge in [-0.15, -0.1) is 0 Å². The molecule has 1 aliphatic heterocycles. The van der Waals surface area contributed by atoms with Crippen molar-refractivity contribution >= 4 is 29.4 Å². The molecule has 2 rings (SSSR count). The Morgan fingerprint density at radius 3 is 2.40 bits per heavy atom. The molecule has 0 unspecified atom stereocenters. The number of likely N-dealkylation sites (N-methyl/N-ethyl adjacent to an activating group) is 1. The summed E-state index contributed by atoms with van der Waals surface area (Å²) in [5.74, 6) is -1.20. The Bertz CT molecular complexity index is 626. The smallest absolute Gasteiger partial charge is 0.306 e. The lowest BCUT2D eigenvalue weighted by atomic mass is 9.97. The summed E-state index contributed by atoms with van der Waals surface area (Å²) in [6.45, 7) is 0.575. The van der Waals surface area contributed by atoms with Crippen LogP contribution in [0.25, 0.3) is 0 Å². The number of halogens is 1. The average molecular weight is 369 g/mol. The summed E-state index contributed by atoms with van der Waals surface area (Å²) in [4.78, 5) is 38.1. The number of hydrogen-bond donors (Lipinski definition) is 1. The molecule has 136 valence electrons. The van der Waals surface area contributed by atoms with Gasteiger partial charge in [0.05, 0.1) is 12.5 Å². The van der Waals surface area contributed by atoms with Gasteiger partial charge in [-0.3, -0.25) is 14.4 Å². The normalized spacial score (nSPS) is 14.9. The molecule has 25 heavy (non-hydrogen) atoms. The standard InChI is InChI=1S/C17H21ClN2O5/c1-19(16(22)11-25-14-4-2-13(18)3-5-14)10-15(21)20-8-6-12(7-9-20)17(23)24/h2-5,12H,6-11H2,1H3,(H,23,24). The van der Waals surface area contributed by atoms with Crippen molar-refractivity contribution in [3.63, 3.8) is 0 Å². The Morgan fingerprint density at radius 1 is 1.24 bits per heavy atom. The van der Waals surface area contributed by atoms with Crippen molar-refractivity contribution in [2.24, 2.45) is 5.92 Å². The summed E-state index contributed by atoms with van der Waals surface area (Å²) >= 11 is 5.78. The highest BCUT2D eigenvalue weighted by Crippen LogP contribution is 2.18. The molecule has 0 saturated carbocycles. The Kier molecular flexibility index (Phi) is 6.64. The minimum atomic E-state index is -0.821. The van der Waals surface area contributed by atoms with E-state index >= 15 is 0 Å². The second-order valence-electron chi connectivity index (χ2n) is 5.99. The lowest BCUT2D eigenvalue weighted by molar-refractivity contribution is -0.146. The predicted octanol–water partition coefficient (Wildman–Crippen LogP) is 1.50. The molecule has 1 fully saturated rings. The van der Waals surface area contributed by atoms with E-state index in [1.54, 1.807) is 29.2 Å². The summed E-state index contributed by atoms with van der Waals surface area (Å²) in [6.07, 6.45) is 0.886. The number of benzene rings is 1. The van der Waals surface area contributed by atoms with Crippen molar-refractivity contribution in [2.45, 2.75) is 12.8 Å². The fourth-order valence-corrected chi connectivity index (χ4v) is 2.68. The third kappa shape index (κ3) is 5.63. The maximum absolute atomic E-state index is 12.2. The van der Waals surface area contributed by atoms with E-state index in [0.717, 1.165) is 0 Å². The lowest BCUT2D eigenvalue weighted by Crippen LogP contribution is -2.46. The first-order valence-corrected chi connectivity index (χ1v) is 8.37. The van der Waals surface area contributed by atoms with Crippen LogP contribution in [0.15, 0.2) is 24.3 Å². The molecule has 1 aliphatic rings. The summed E-state index contributed by atoms with van der Waals surface area (Å²) < 4.78 is 5.37. The lowest BCUT2D eigenvalue weighted by Gasteiger charge is -2.31. The zero-order valence-electron chi connectivity index (χ0n) is 14.0. The predicted molar refractivity (Wildman–Crippen MR) is 91.5 cm³/mol. The number of nitrogens with zero attached hydrogens (tertiary/aromatic N) is 2. The van der Waals surface area contributed by atoms with Crippen LogP contribution in [-0.4, -0.2) is 66.0 Å². The van der Waals surface area contributed by atoms with Crippen LogP contribution in [0.2, 0.25) is 5.02 Å². The molecule has 1 aromatic rings. The van der Waals surface area contributed by atoms with E-state index in [1.165, 1.54) is 11.9 Å². The van der Waals surface area contributed by atoms with E-state index in [2.05, 4.69) is 0 Å². The SMILES string of the molecule is CN(CC(=O)N1CCC(C(=O)O)CC1)C(=O)COc1ccc(Cl)cc1. The maximum Gasteiger partial charge on any atom is 0.306 e. The first kappa shape index (κ1) is 19.1. The van der Waals surface area contributed by atoms with Gasteiger partial charge in [0.2, 0.25) is 5.91 Å². The second kappa shape index (κ2) is 8.71. The topological polar surface area (TPSA) is 87.2 Å². The van der Waals surface area contributed by atoms with Crippen LogP contribution in [0, 0.1) is 5.92 Å². The molecule has 8 heteroatoms. The molecule has 0 radical (unpaired) electrons. The van der Waals surface area contributed by atoms with Gasteiger partial charge in [-0.05, 0) is 37.1 Å². The molecule has 2 amide bonds. The van der Waals surface area contributed by atoms with Crippen molar-refractivity contribution in [2.75, 3.05) is 33.3 Å². The van der Waals surface area contributed by atoms with Gasteiger partial charge >= 0.3 is 5.97 Å². The third-order valence-electron chi connectivity index (χ3n) is 4.17. The van der Waals surface area contributed by atoms with Gasteiger partial charge in [-0.25, -0.2) is 0 Å². The molecule has 0 spiro atoms. The fraction of sp³-hybridized carbons (Fsp3) is 0.471. The van der Waals surface area contributed by atoms with Crippen molar-refractivity contribution < 1.29 is 24.2 Å². The van der Waals surface area contributed by atoms with Crippen LogP contribution >= 0.6 is 11.6 Å². The summed E-state index contributed by atoms with van der Waals surface area (Å²) in [7, 11) is 1.54. The number of amides is 2. The average Bonchev–Trinajstić information content (AvgIpc) is 2.60. The first-order valence-electron chi connectivity index (χ1n) is 7.99. The number of rotatable bonds is 6. The van der Waals surface area contributed by atoms with Gasteiger partial charge in [-0.2, -0.15) is 0 Å². The third-order valence-corrected chi connectivity index (χ3v) is 4.42. The molecule has 0 aromatic heterocycles. The van der Waals surface area contributed by atoms with Crippen molar-refractivity contribution in [3.8, 4) is 5.75 Å². The number of carbonyl (C=O) groups is 3. The molecule has 0 bridgehead atoms. The van der Waals surface area contributed by atoms with E-state index in [1.807, 2.05) is 0 Å². The van der Waals surface area contributed by atoms with E-state index in [-0.39, 0.29) is 25.0 Å². The van der Waals surface area contributed by atoms with Gasteiger partial charge < -0.3 is 19.6 Å². The highest BCUT2D eigenvalue weighted by Gasteiger charge is 2.27. The van der Waals surface area contributed by atoms with Crippen LogP contribution < -0.4 is 4.74 Å². The minimum absolute atomic E-state index is 0.0550. The van der Waals surface area contributed by atoms with Gasteiger partial charge in [0.25, 0.3) is 5.91 Å². The molecule has 1 saturated heterocycles. The molecular formula is C17H21ClN2O5. The van der Waals surface area contributed by atoms with Crippen LogP contribution in [0.3, 0.4) is 0 Å². The van der Waals surface area contributed by atoms with E-state index in [4.69, 9.17) is 21.4 Å². The minimum Gasteiger partial charge on any atom is -0.484 e. The summed E-state index contributed by atoms with van der Waals surface area (Å²) in [5, 5.41) is 9.55. The number of carboxylic acids is 1. The number of carbonyl (C=O) groups excluding carboxylic acids is 2. The monoisotopic (exact) mass is 368 g/mol. The molecule has 7 nitrogen and oxygen atoms in total. The highest BCUT2D eigenvalue weighted by molar-refractivity contribution is 6.30. The van der Waals surface area contributed by atoms with Crippen molar-refractivity contribution in [1.82, 2.24) is 9.80 Å². The van der Waals surface area contributed by atoms with Gasteiger partial charge in [0, 0.05) is 25.2 Å². The number of hydrogen-bond acceptors (Lipinski definition) is 4. The van der Waals surface area contributed by atoms with Crippen molar-refractivity contribution in [3.05, 3.63) is 29.3 Å². The number of aliphatic carboxylic acids is 1. The Balaban J connectivity index is 1.75. The van der Waals surface area contributed by atoms with Crippen LogP contribution in [0.5, 0.6) is 5.75 Å². The Labute approximate surface area is 151 Å². The molecular weight excluding hydrogens is 348 g/mol. The Morgan fingerprint density at radius 2 is 1.84 bits per heavy atom. The number of piperidine rings is 1. The van der Waals surface area contributed by atoms with Gasteiger partial charge in [-0.1, -0.05) is 11.6 Å². The number of carboxylic acid groups (broad SMARTS) is 1. The number of ether oxygens (including phenoxy) is 1. The van der Waals surface area contributed by atoms with E-state index in [9.17, 15) is 14.4 Å². The molecule has 1 N–H and O–H groups in total. The number of likely N-dealkylation sites (tertiary alicyclic amines) is 1. The highest BCUT2D eigenvalue weighted by atomic mass is 35.5. The quantitative estimate of drug-likeness (QED) is 0.822. The van der Waals surface area contributed by atoms with Crippen LogP contribution in [-0.2, 0) is 14.4 Å². The molecule has 1 heterocycles. The van der Waals surface area contributed by atoms with E-state index in [0.29, 0.717) is 36.7 Å². The second-order valence-corrected chi connectivity index (χ2v) is 6.42. The van der Waals surface area contributed by atoms with Crippen LogP contribution in [0.4, 0.5) is 0 Å². The largest absolute Gasteiger partial charge is 0.484 e. The molecule has 0 aliphatic carbocycles. The zero-order chi connectivity index (χ0) is 18.4. The summed E-state index contributed by atoms with van der Waals surface area (Å²) in [5.41, 5.74) is 0. The summed E-state index contributed by atoms with van der Waals surface area (Å²) in [6, 6.07) is 6.64. The molecule has 1 aromatic carbocycles. The fourth-order valence-electron chi connectivity index (χ4n) is 2.55. The Hall–Kier alpha value is -2.28. The zero-order valence-corrected chi connectivity index (χ0v) is 14.7. The first-order chi connectivity index (χ1) is 11.9. The molecule has 0 atom stereocenters. The van der Waals surface area contributed by atoms with Crippen molar-refractivity contribution in [1.29, 1.82) is 0 Å².